The normalized spacial score (nSPS) is 11.9. The first-order chi connectivity index (χ1) is 8.13. The van der Waals surface area contributed by atoms with Gasteiger partial charge in [-0.1, -0.05) is 38.5 Å². The van der Waals surface area contributed by atoms with Crippen molar-refractivity contribution in [2.75, 3.05) is 12.3 Å². The second kappa shape index (κ2) is 8.59. The quantitative estimate of drug-likeness (QED) is 0.637. The van der Waals surface area contributed by atoms with E-state index in [2.05, 4.69) is 19.2 Å². The number of hydrogen-bond donors (Lipinski definition) is 2. The fraction of sp³-hybridized carbons (Fsp3) is 0.357. The van der Waals surface area contributed by atoms with Gasteiger partial charge in [-0.05, 0) is 23.6 Å². The van der Waals surface area contributed by atoms with Crippen molar-refractivity contribution >= 4 is 30.1 Å². The standard InChI is InChI=1S/C14H20N2O.ClH/c1-3-11(2)10-16-14(17)9-8-12-6-4-5-7-13(12)15;/h4-9,11H,3,10,15H2,1-2H3,(H,16,17);1H/b9-8+;. The van der Waals surface area contributed by atoms with E-state index in [9.17, 15) is 4.79 Å². The minimum absolute atomic E-state index is 0. The summed E-state index contributed by atoms with van der Waals surface area (Å²) in [5, 5.41) is 2.86. The minimum atomic E-state index is -0.0754. The number of carbonyl (C=O) groups is 1. The first-order valence-corrected chi connectivity index (χ1v) is 5.94. The third-order valence-electron chi connectivity index (χ3n) is 2.73. The predicted octanol–water partition coefficient (Wildman–Crippen LogP) is 2.87. The molecule has 1 amide bonds. The molecule has 1 aromatic carbocycles. The van der Waals surface area contributed by atoms with E-state index < -0.39 is 0 Å². The SMILES string of the molecule is CCC(C)CNC(=O)/C=C/c1ccccc1N.Cl. The van der Waals surface area contributed by atoms with Gasteiger partial charge in [0.2, 0.25) is 5.91 Å². The van der Waals surface area contributed by atoms with Gasteiger partial charge >= 0.3 is 0 Å². The first kappa shape index (κ1) is 16.5. The van der Waals surface area contributed by atoms with Crippen molar-refractivity contribution in [1.29, 1.82) is 0 Å². The van der Waals surface area contributed by atoms with Gasteiger partial charge in [0.05, 0.1) is 0 Å². The van der Waals surface area contributed by atoms with Crippen LogP contribution in [0.25, 0.3) is 6.08 Å². The lowest BCUT2D eigenvalue weighted by atomic mass is 10.1. The largest absolute Gasteiger partial charge is 0.398 e. The van der Waals surface area contributed by atoms with E-state index in [1.54, 1.807) is 6.08 Å². The van der Waals surface area contributed by atoms with Crippen LogP contribution in [0.4, 0.5) is 5.69 Å². The number of nitrogens with two attached hydrogens (primary N) is 1. The van der Waals surface area contributed by atoms with Crippen molar-refractivity contribution in [1.82, 2.24) is 5.32 Å². The number of hydrogen-bond acceptors (Lipinski definition) is 2. The molecule has 4 heteroatoms. The van der Waals surface area contributed by atoms with Crippen molar-refractivity contribution in [2.24, 2.45) is 5.92 Å². The Balaban J connectivity index is 0.00000289. The molecule has 0 heterocycles. The van der Waals surface area contributed by atoms with Crippen molar-refractivity contribution in [3.8, 4) is 0 Å². The summed E-state index contributed by atoms with van der Waals surface area (Å²) in [6.45, 7) is 4.93. The Hall–Kier alpha value is -1.48. The molecule has 1 rings (SSSR count). The molecule has 1 aromatic rings. The number of amides is 1. The Bertz CT molecular complexity index is 405. The van der Waals surface area contributed by atoms with Gasteiger partial charge in [-0.3, -0.25) is 4.79 Å². The molecule has 3 N–H and O–H groups in total. The van der Waals surface area contributed by atoms with Gasteiger partial charge < -0.3 is 11.1 Å². The molecule has 0 radical (unpaired) electrons. The van der Waals surface area contributed by atoms with Crippen LogP contribution in [0, 0.1) is 5.92 Å². The smallest absolute Gasteiger partial charge is 0.244 e. The fourth-order valence-corrected chi connectivity index (χ4v) is 1.31. The highest BCUT2D eigenvalue weighted by Gasteiger charge is 2.00. The molecule has 0 fully saturated rings. The van der Waals surface area contributed by atoms with Crippen LogP contribution in [-0.2, 0) is 4.79 Å². The summed E-state index contributed by atoms with van der Waals surface area (Å²) in [6.07, 6.45) is 4.32. The Kier molecular flexibility index (Phi) is 7.88. The molecule has 0 aliphatic carbocycles. The number of rotatable bonds is 5. The molecule has 3 nitrogen and oxygen atoms in total. The average molecular weight is 269 g/mol. The summed E-state index contributed by atoms with van der Waals surface area (Å²) in [7, 11) is 0. The summed E-state index contributed by atoms with van der Waals surface area (Å²) >= 11 is 0. The van der Waals surface area contributed by atoms with E-state index in [1.807, 2.05) is 24.3 Å². The Labute approximate surface area is 115 Å². The van der Waals surface area contributed by atoms with Gasteiger partial charge in [0.1, 0.15) is 0 Å². The van der Waals surface area contributed by atoms with E-state index in [0.29, 0.717) is 18.2 Å². The minimum Gasteiger partial charge on any atom is -0.398 e. The molecule has 0 saturated carbocycles. The molecule has 0 saturated heterocycles. The topological polar surface area (TPSA) is 55.1 Å². The fourth-order valence-electron chi connectivity index (χ4n) is 1.31. The second-order valence-electron chi connectivity index (χ2n) is 4.22. The number of benzene rings is 1. The van der Waals surface area contributed by atoms with Gasteiger partial charge in [-0.2, -0.15) is 0 Å². The summed E-state index contributed by atoms with van der Waals surface area (Å²) in [5.41, 5.74) is 7.31. The number of carbonyl (C=O) groups excluding carboxylic acids is 1. The number of para-hydroxylation sites is 1. The summed E-state index contributed by atoms with van der Waals surface area (Å²) in [6, 6.07) is 7.47. The maximum Gasteiger partial charge on any atom is 0.244 e. The van der Waals surface area contributed by atoms with Gasteiger partial charge in [0.25, 0.3) is 0 Å². The lowest BCUT2D eigenvalue weighted by Crippen LogP contribution is -2.26. The number of nitrogens with one attached hydrogen (secondary N) is 1. The molecule has 100 valence electrons. The summed E-state index contributed by atoms with van der Waals surface area (Å²) in [4.78, 5) is 11.5. The van der Waals surface area contributed by atoms with Crippen LogP contribution in [0.2, 0.25) is 0 Å². The van der Waals surface area contributed by atoms with E-state index >= 15 is 0 Å². The molecule has 0 aliphatic rings. The first-order valence-electron chi connectivity index (χ1n) is 5.94. The van der Waals surface area contributed by atoms with Gasteiger partial charge in [0, 0.05) is 18.3 Å². The highest BCUT2D eigenvalue weighted by molar-refractivity contribution is 5.92. The van der Waals surface area contributed by atoms with E-state index in [0.717, 1.165) is 12.0 Å². The Morgan fingerprint density at radius 1 is 1.44 bits per heavy atom. The number of halogens is 1. The van der Waals surface area contributed by atoms with Gasteiger partial charge in [-0.25, -0.2) is 0 Å². The van der Waals surface area contributed by atoms with Crippen molar-refractivity contribution in [3.63, 3.8) is 0 Å². The highest BCUT2D eigenvalue weighted by atomic mass is 35.5. The van der Waals surface area contributed by atoms with Crippen LogP contribution < -0.4 is 11.1 Å². The molecular formula is C14H21ClN2O. The molecule has 0 spiro atoms. The summed E-state index contributed by atoms with van der Waals surface area (Å²) in [5.74, 6) is 0.433. The van der Waals surface area contributed by atoms with Crippen LogP contribution in [0.15, 0.2) is 30.3 Å². The van der Waals surface area contributed by atoms with Crippen LogP contribution in [-0.4, -0.2) is 12.5 Å². The van der Waals surface area contributed by atoms with E-state index in [4.69, 9.17) is 5.73 Å². The van der Waals surface area contributed by atoms with Crippen LogP contribution in [0.3, 0.4) is 0 Å². The summed E-state index contributed by atoms with van der Waals surface area (Å²) < 4.78 is 0. The molecule has 1 atom stereocenters. The van der Waals surface area contributed by atoms with Crippen molar-refractivity contribution < 1.29 is 4.79 Å². The third kappa shape index (κ3) is 5.73. The average Bonchev–Trinajstić information content (AvgIpc) is 2.35. The van der Waals surface area contributed by atoms with Gasteiger partial charge in [0.15, 0.2) is 0 Å². The predicted molar refractivity (Wildman–Crippen MR) is 79.6 cm³/mol. The van der Waals surface area contributed by atoms with E-state index in [1.165, 1.54) is 6.08 Å². The zero-order chi connectivity index (χ0) is 12.7. The maximum absolute atomic E-state index is 11.5. The Morgan fingerprint density at radius 3 is 2.72 bits per heavy atom. The molecule has 0 bridgehead atoms. The zero-order valence-corrected chi connectivity index (χ0v) is 11.7. The molecule has 1 unspecified atom stereocenters. The van der Waals surface area contributed by atoms with Gasteiger partial charge in [-0.15, -0.1) is 12.4 Å². The number of nitrogen functional groups attached to an aromatic ring is 1. The Morgan fingerprint density at radius 2 is 2.11 bits per heavy atom. The molecule has 0 aliphatic heterocycles. The second-order valence-corrected chi connectivity index (χ2v) is 4.22. The third-order valence-corrected chi connectivity index (χ3v) is 2.73. The van der Waals surface area contributed by atoms with Crippen LogP contribution in [0.1, 0.15) is 25.8 Å². The lowest BCUT2D eigenvalue weighted by Gasteiger charge is -2.08. The lowest BCUT2D eigenvalue weighted by molar-refractivity contribution is -0.116. The van der Waals surface area contributed by atoms with Crippen LogP contribution in [0.5, 0.6) is 0 Å². The van der Waals surface area contributed by atoms with E-state index in [-0.39, 0.29) is 18.3 Å². The van der Waals surface area contributed by atoms with Crippen molar-refractivity contribution in [3.05, 3.63) is 35.9 Å². The van der Waals surface area contributed by atoms with Crippen LogP contribution >= 0.6 is 12.4 Å². The number of anilines is 1. The molecule has 0 aromatic heterocycles. The maximum atomic E-state index is 11.5. The molecular weight excluding hydrogens is 248 g/mol. The van der Waals surface area contributed by atoms with Crippen molar-refractivity contribution in [2.45, 2.75) is 20.3 Å². The molecule has 18 heavy (non-hydrogen) atoms. The zero-order valence-electron chi connectivity index (χ0n) is 10.8. The monoisotopic (exact) mass is 268 g/mol. The highest BCUT2D eigenvalue weighted by Crippen LogP contribution is 2.11.